The van der Waals surface area contributed by atoms with Gasteiger partial charge in [0.1, 0.15) is 0 Å². The normalized spacial score (nSPS) is 16.0. The predicted molar refractivity (Wildman–Crippen MR) is 97.1 cm³/mol. The van der Waals surface area contributed by atoms with Gasteiger partial charge >= 0.3 is 0 Å². The smallest absolute Gasteiger partial charge is 0.190 e. The molecule has 0 unspecified atom stereocenters. The van der Waals surface area contributed by atoms with E-state index < -0.39 is 0 Å². The first-order valence-electron chi connectivity index (χ1n) is 7.80. The van der Waals surface area contributed by atoms with Crippen LogP contribution in [-0.2, 0) is 4.74 Å². The van der Waals surface area contributed by atoms with E-state index >= 15 is 0 Å². The van der Waals surface area contributed by atoms with E-state index in [0.717, 1.165) is 38.0 Å². The van der Waals surface area contributed by atoms with Gasteiger partial charge in [-0.15, -0.1) is 24.0 Å². The van der Waals surface area contributed by atoms with Gasteiger partial charge in [-0.3, -0.25) is 4.99 Å². The first kappa shape index (κ1) is 20.0. The maximum atomic E-state index is 5.02. The molecule has 5 heteroatoms. The lowest BCUT2D eigenvalue weighted by Gasteiger charge is -2.12. The van der Waals surface area contributed by atoms with Crippen molar-refractivity contribution in [3.05, 3.63) is 0 Å². The minimum atomic E-state index is 0. The zero-order chi connectivity index (χ0) is 13.8. The van der Waals surface area contributed by atoms with Crippen molar-refractivity contribution in [1.29, 1.82) is 0 Å². The van der Waals surface area contributed by atoms with E-state index in [0.29, 0.717) is 0 Å². The molecule has 0 radical (unpaired) electrons. The van der Waals surface area contributed by atoms with Gasteiger partial charge < -0.3 is 15.4 Å². The fourth-order valence-corrected chi connectivity index (χ4v) is 2.71. The number of aliphatic imine (C=N–C) groups is 1. The van der Waals surface area contributed by atoms with Crippen molar-refractivity contribution in [3.8, 4) is 0 Å². The largest absolute Gasteiger partial charge is 0.385 e. The Labute approximate surface area is 141 Å². The highest BCUT2D eigenvalue weighted by atomic mass is 127. The number of guanidine groups is 1. The highest BCUT2D eigenvalue weighted by Gasteiger charge is 2.13. The van der Waals surface area contributed by atoms with Gasteiger partial charge in [0.15, 0.2) is 5.96 Å². The molecule has 20 heavy (non-hydrogen) atoms. The van der Waals surface area contributed by atoms with Crippen LogP contribution in [0.3, 0.4) is 0 Å². The van der Waals surface area contributed by atoms with Crippen LogP contribution in [0.5, 0.6) is 0 Å². The first-order valence-corrected chi connectivity index (χ1v) is 7.80. The number of nitrogens with zero attached hydrogens (tertiary/aromatic N) is 1. The van der Waals surface area contributed by atoms with E-state index in [1.54, 1.807) is 7.11 Å². The molecule has 4 nitrogen and oxygen atoms in total. The second-order valence-electron chi connectivity index (χ2n) is 5.42. The standard InChI is InChI=1S/C15H31N3O.HI/c1-16-15(18-12-7-13-19-2)17-11-6-5-10-14-8-3-4-9-14;/h14H,3-13H2,1-2H3,(H2,16,17,18);1H. The van der Waals surface area contributed by atoms with Crippen LogP contribution in [-0.4, -0.2) is 39.8 Å². The van der Waals surface area contributed by atoms with Crippen LogP contribution in [0.25, 0.3) is 0 Å². The molecule has 0 aromatic rings. The number of rotatable bonds is 9. The average molecular weight is 397 g/mol. The molecule has 1 aliphatic rings. The van der Waals surface area contributed by atoms with E-state index in [2.05, 4.69) is 15.6 Å². The molecule has 0 amide bonds. The van der Waals surface area contributed by atoms with Gasteiger partial charge in [-0.2, -0.15) is 0 Å². The van der Waals surface area contributed by atoms with Crippen LogP contribution < -0.4 is 10.6 Å². The van der Waals surface area contributed by atoms with Gasteiger partial charge in [0, 0.05) is 33.9 Å². The summed E-state index contributed by atoms with van der Waals surface area (Å²) in [6.07, 6.45) is 10.9. The summed E-state index contributed by atoms with van der Waals surface area (Å²) in [5, 5.41) is 6.66. The van der Waals surface area contributed by atoms with Crippen molar-refractivity contribution in [3.63, 3.8) is 0 Å². The predicted octanol–water partition coefficient (Wildman–Crippen LogP) is 3.17. The van der Waals surface area contributed by atoms with Crippen LogP contribution >= 0.6 is 24.0 Å². The average Bonchev–Trinajstić information content (AvgIpc) is 2.94. The first-order chi connectivity index (χ1) is 9.36. The summed E-state index contributed by atoms with van der Waals surface area (Å²) in [7, 11) is 3.56. The molecule has 0 heterocycles. The lowest BCUT2D eigenvalue weighted by molar-refractivity contribution is 0.195. The molecule has 120 valence electrons. The highest BCUT2D eigenvalue weighted by Crippen LogP contribution is 2.28. The molecule has 0 aromatic heterocycles. The summed E-state index contributed by atoms with van der Waals surface area (Å²) >= 11 is 0. The summed E-state index contributed by atoms with van der Waals surface area (Å²) in [4.78, 5) is 4.21. The Morgan fingerprint density at radius 3 is 2.35 bits per heavy atom. The SMILES string of the molecule is CN=C(NCCCCC1CCCC1)NCCCOC.I. The Morgan fingerprint density at radius 1 is 1.10 bits per heavy atom. The van der Waals surface area contributed by atoms with Gasteiger partial charge in [0.25, 0.3) is 0 Å². The van der Waals surface area contributed by atoms with E-state index in [4.69, 9.17) is 4.74 Å². The molecule has 1 rings (SSSR count). The lowest BCUT2D eigenvalue weighted by atomic mass is 10.0. The monoisotopic (exact) mass is 397 g/mol. The number of halogens is 1. The number of unbranched alkanes of at least 4 members (excludes halogenated alkanes) is 1. The molecule has 2 N–H and O–H groups in total. The summed E-state index contributed by atoms with van der Waals surface area (Å²) in [6, 6.07) is 0. The quantitative estimate of drug-likeness (QED) is 0.272. The molecule has 1 saturated carbocycles. The summed E-state index contributed by atoms with van der Waals surface area (Å²) in [5.41, 5.74) is 0. The summed E-state index contributed by atoms with van der Waals surface area (Å²) < 4.78 is 5.02. The van der Waals surface area contributed by atoms with Gasteiger partial charge in [-0.05, 0) is 18.8 Å². The Bertz CT molecular complexity index is 243. The zero-order valence-electron chi connectivity index (χ0n) is 13.1. The Morgan fingerprint density at radius 2 is 1.75 bits per heavy atom. The minimum absolute atomic E-state index is 0. The molecule has 1 aliphatic carbocycles. The van der Waals surface area contributed by atoms with E-state index in [1.165, 1.54) is 44.9 Å². The van der Waals surface area contributed by atoms with Gasteiger partial charge in [-0.1, -0.05) is 38.5 Å². The summed E-state index contributed by atoms with van der Waals surface area (Å²) in [5.74, 6) is 1.93. The van der Waals surface area contributed by atoms with Gasteiger partial charge in [0.05, 0.1) is 0 Å². The zero-order valence-corrected chi connectivity index (χ0v) is 15.4. The maximum Gasteiger partial charge on any atom is 0.190 e. The maximum absolute atomic E-state index is 5.02. The third-order valence-electron chi connectivity index (χ3n) is 3.85. The van der Waals surface area contributed by atoms with Gasteiger partial charge in [0.2, 0.25) is 0 Å². The van der Waals surface area contributed by atoms with E-state index in [1.807, 2.05) is 7.05 Å². The molecule has 0 aliphatic heterocycles. The van der Waals surface area contributed by atoms with Crippen LogP contribution in [0.1, 0.15) is 51.4 Å². The molecular formula is C15H32IN3O. The van der Waals surface area contributed by atoms with E-state index in [9.17, 15) is 0 Å². The topological polar surface area (TPSA) is 45.7 Å². The van der Waals surface area contributed by atoms with Crippen LogP contribution in [0.15, 0.2) is 4.99 Å². The highest BCUT2D eigenvalue weighted by molar-refractivity contribution is 14.0. The lowest BCUT2D eigenvalue weighted by Crippen LogP contribution is -2.38. The van der Waals surface area contributed by atoms with E-state index in [-0.39, 0.29) is 24.0 Å². The molecule has 1 fully saturated rings. The Hall–Kier alpha value is -0.0400. The molecular weight excluding hydrogens is 365 g/mol. The van der Waals surface area contributed by atoms with Gasteiger partial charge in [-0.25, -0.2) is 0 Å². The van der Waals surface area contributed by atoms with Crippen molar-refractivity contribution in [2.45, 2.75) is 51.4 Å². The van der Waals surface area contributed by atoms with Crippen molar-refractivity contribution in [2.24, 2.45) is 10.9 Å². The second-order valence-corrected chi connectivity index (χ2v) is 5.42. The molecule has 0 atom stereocenters. The van der Waals surface area contributed by atoms with Crippen LogP contribution in [0.2, 0.25) is 0 Å². The number of nitrogens with one attached hydrogen (secondary N) is 2. The number of hydrogen-bond acceptors (Lipinski definition) is 2. The molecule has 0 saturated heterocycles. The molecule has 0 bridgehead atoms. The van der Waals surface area contributed by atoms with Crippen molar-refractivity contribution in [1.82, 2.24) is 10.6 Å². The number of hydrogen-bond donors (Lipinski definition) is 2. The third kappa shape index (κ3) is 9.80. The van der Waals surface area contributed by atoms with Crippen molar-refractivity contribution >= 4 is 29.9 Å². The molecule has 0 aromatic carbocycles. The summed E-state index contributed by atoms with van der Waals surface area (Å²) in [6.45, 7) is 2.73. The minimum Gasteiger partial charge on any atom is -0.385 e. The third-order valence-corrected chi connectivity index (χ3v) is 3.85. The Balaban J connectivity index is 0.00000361. The fraction of sp³-hybridized carbons (Fsp3) is 0.933. The molecule has 0 spiro atoms. The number of methoxy groups -OCH3 is 1. The fourth-order valence-electron chi connectivity index (χ4n) is 2.71. The van der Waals surface area contributed by atoms with Crippen LogP contribution in [0, 0.1) is 5.92 Å². The number of ether oxygens (including phenoxy) is 1. The second kappa shape index (κ2) is 13.9. The van der Waals surface area contributed by atoms with Crippen molar-refractivity contribution < 1.29 is 4.74 Å². The van der Waals surface area contributed by atoms with Crippen molar-refractivity contribution in [2.75, 3.05) is 33.9 Å². The van der Waals surface area contributed by atoms with Crippen LogP contribution in [0.4, 0.5) is 0 Å². The Kier molecular flexibility index (Phi) is 13.9.